The predicted octanol–water partition coefficient (Wildman–Crippen LogP) is -0.247. The molecule has 0 saturated carbocycles. The van der Waals surface area contributed by atoms with E-state index in [-0.39, 0.29) is 17.8 Å². The molecule has 0 aliphatic carbocycles. The van der Waals surface area contributed by atoms with E-state index in [1.165, 1.54) is 0 Å². The first-order valence-electron chi connectivity index (χ1n) is 5.61. The predicted molar refractivity (Wildman–Crippen MR) is 63.0 cm³/mol. The lowest BCUT2D eigenvalue weighted by molar-refractivity contribution is 0.0449. The van der Waals surface area contributed by atoms with Crippen molar-refractivity contribution in [2.24, 2.45) is 16.8 Å². The van der Waals surface area contributed by atoms with E-state index >= 15 is 0 Å². The smallest absolute Gasteiger partial charge is 0.319 e. The van der Waals surface area contributed by atoms with Gasteiger partial charge in [0.25, 0.3) is 0 Å². The summed E-state index contributed by atoms with van der Waals surface area (Å²) >= 11 is 0. The van der Waals surface area contributed by atoms with E-state index in [9.17, 15) is 4.79 Å². The van der Waals surface area contributed by atoms with Crippen molar-refractivity contribution >= 4 is 11.9 Å². The number of ether oxygens (including phenoxy) is 1. The molecular weight excluding hydrogens is 224 g/mol. The Morgan fingerprint density at radius 2 is 2.18 bits per heavy atom. The third-order valence-electron chi connectivity index (χ3n) is 2.78. The fourth-order valence-electron chi connectivity index (χ4n) is 1.68. The molecule has 1 fully saturated rings. The van der Waals surface area contributed by atoms with Gasteiger partial charge in [0.15, 0.2) is 0 Å². The number of oxime groups is 1. The molecule has 1 unspecified atom stereocenters. The second kappa shape index (κ2) is 6.29. The molecule has 2 amide bonds. The van der Waals surface area contributed by atoms with Gasteiger partial charge in [-0.3, -0.25) is 0 Å². The molecule has 1 saturated heterocycles. The molecule has 3 N–H and O–H groups in total. The van der Waals surface area contributed by atoms with E-state index in [1.807, 2.05) is 0 Å². The third kappa shape index (κ3) is 3.77. The topological polar surface area (TPSA) is 91.4 Å². The Morgan fingerprint density at radius 3 is 2.71 bits per heavy atom. The third-order valence-corrected chi connectivity index (χ3v) is 2.78. The van der Waals surface area contributed by atoms with E-state index in [0.717, 1.165) is 0 Å². The van der Waals surface area contributed by atoms with Gasteiger partial charge in [0, 0.05) is 32.6 Å². The first-order chi connectivity index (χ1) is 8.06. The minimum absolute atomic E-state index is 0.0501. The van der Waals surface area contributed by atoms with Crippen LogP contribution in [0.15, 0.2) is 5.16 Å². The quantitative estimate of drug-likeness (QED) is 0.310. The van der Waals surface area contributed by atoms with Crippen molar-refractivity contribution in [3.63, 3.8) is 0 Å². The maximum absolute atomic E-state index is 12.0. The summed E-state index contributed by atoms with van der Waals surface area (Å²) in [6.07, 6.45) is 0. The van der Waals surface area contributed by atoms with E-state index in [2.05, 4.69) is 5.16 Å². The van der Waals surface area contributed by atoms with Crippen LogP contribution in [0.5, 0.6) is 0 Å². The van der Waals surface area contributed by atoms with Gasteiger partial charge in [0.2, 0.25) is 0 Å². The summed E-state index contributed by atoms with van der Waals surface area (Å²) in [6, 6.07) is -0.0501. The lowest BCUT2D eigenvalue weighted by Gasteiger charge is -2.31. The first-order valence-corrected chi connectivity index (χ1v) is 5.61. The van der Waals surface area contributed by atoms with Gasteiger partial charge in [-0.2, -0.15) is 0 Å². The second-order valence-electron chi connectivity index (χ2n) is 4.19. The molecule has 7 nitrogen and oxygen atoms in total. The van der Waals surface area contributed by atoms with Crippen molar-refractivity contribution in [2.75, 3.05) is 39.9 Å². The largest absolute Gasteiger partial charge is 0.409 e. The van der Waals surface area contributed by atoms with Crippen molar-refractivity contribution in [3.05, 3.63) is 0 Å². The fraction of sp³-hybridized carbons (Fsp3) is 0.800. The van der Waals surface area contributed by atoms with Gasteiger partial charge in [-0.05, 0) is 0 Å². The summed E-state index contributed by atoms with van der Waals surface area (Å²) in [5.74, 6) is -0.0402. The number of rotatable bonds is 3. The van der Waals surface area contributed by atoms with Crippen LogP contribution >= 0.6 is 0 Å². The van der Waals surface area contributed by atoms with Gasteiger partial charge < -0.3 is 25.5 Å². The SMILES string of the molecule is CC(CN(C)C(=O)N1CCOCC1)C(N)=NO. The maximum Gasteiger partial charge on any atom is 0.319 e. The second-order valence-corrected chi connectivity index (χ2v) is 4.19. The van der Waals surface area contributed by atoms with Crippen LogP contribution in [0.3, 0.4) is 0 Å². The zero-order valence-electron chi connectivity index (χ0n) is 10.3. The summed E-state index contributed by atoms with van der Waals surface area (Å²) in [7, 11) is 1.71. The standard InChI is InChI=1S/C10H20N4O3/c1-8(9(11)12-16)7-13(2)10(15)14-3-5-17-6-4-14/h8,16H,3-7H2,1-2H3,(H2,11,12). The molecule has 1 heterocycles. The zero-order chi connectivity index (χ0) is 12.8. The molecule has 0 bridgehead atoms. The molecule has 0 aromatic rings. The molecule has 1 aliphatic heterocycles. The Labute approximate surface area is 101 Å². The molecule has 0 aromatic carbocycles. The average molecular weight is 244 g/mol. The Morgan fingerprint density at radius 1 is 1.59 bits per heavy atom. The highest BCUT2D eigenvalue weighted by Gasteiger charge is 2.22. The monoisotopic (exact) mass is 244 g/mol. The minimum Gasteiger partial charge on any atom is -0.409 e. The summed E-state index contributed by atoms with van der Waals surface area (Å²) in [5.41, 5.74) is 5.47. The minimum atomic E-state index is -0.171. The normalized spacial score (nSPS) is 18.9. The number of amides is 2. The lowest BCUT2D eigenvalue weighted by atomic mass is 10.1. The van der Waals surface area contributed by atoms with Gasteiger partial charge in [0.1, 0.15) is 5.84 Å². The molecule has 7 heteroatoms. The van der Waals surface area contributed by atoms with Crippen LogP contribution in [-0.2, 0) is 4.74 Å². The highest BCUT2D eigenvalue weighted by atomic mass is 16.5. The van der Waals surface area contributed by atoms with E-state index in [0.29, 0.717) is 32.8 Å². The van der Waals surface area contributed by atoms with Crippen molar-refractivity contribution < 1.29 is 14.7 Å². The number of nitrogens with zero attached hydrogens (tertiary/aromatic N) is 3. The molecule has 1 rings (SSSR count). The highest BCUT2D eigenvalue weighted by Crippen LogP contribution is 2.05. The van der Waals surface area contributed by atoms with Crippen molar-refractivity contribution in [1.82, 2.24) is 9.80 Å². The number of carbonyl (C=O) groups is 1. The van der Waals surface area contributed by atoms with Crippen LogP contribution in [0.25, 0.3) is 0 Å². The number of carbonyl (C=O) groups excluding carboxylic acids is 1. The molecule has 0 spiro atoms. The van der Waals surface area contributed by atoms with Gasteiger partial charge in [-0.1, -0.05) is 12.1 Å². The Balaban J connectivity index is 2.45. The highest BCUT2D eigenvalue weighted by molar-refractivity contribution is 5.83. The number of hydrogen-bond donors (Lipinski definition) is 2. The Bertz CT molecular complexity index is 289. The van der Waals surface area contributed by atoms with Gasteiger partial charge in [-0.15, -0.1) is 0 Å². The van der Waals surface area contributed by atoms with Crippen LogP contribution in [0.1, 0.15) is 6.92 Å². The summed E-state index contributed by atoms with van der Waals surface area (Å²) < 4.78 is 5.18. The van der Waals surface area contributed by atoms with Crippen molar-refractivity contribution in [1.29, 1.82) is 0 Å². The zero-order valence-corrected chi connectivity index (χ0v) is 10.3. The number of nitrogens with two attached hydrogens (primary N) is 1. The van der Waals surface area contributed by atoms with E-state index in [1.54, 1.807) is 23.8 Å². The number of hydrogen-bond acceptors (Lipinski definition) is 4. The first kappa shape index (κ1) is 13.6. The van der Waals surface area contributed by atoms with Crippen LogP contribution in [0.2, 0.25) is 0 Å². The van der Waals surface area contributed by atoms with Crippen LogP contribution in [0, 0.1) is 5.92 Å². The van der Waals surface area contributed by atoms with Gasteiger partial charge in [0.05, 0.1) is 13.2 Å². The number of amidine groups is 1. The molecule has 0 aromatic heterocycles. The molecular formula is C10H20N4O3. The fourth-order valence-corrected chi connectivity index (χ4v) is 1.68. The molecule has 1 atom stereocenters. The Kier molecular flexibility index (Phi) is 5.02. The van der Waals surface area contributed by atoms with Crippen LogP contribution < -0.4 is 5.73 Å². The van der Waals surface area contributed by atoms with Crippen LogP contribution in [0.4, 0.5) is 4.79 Å². The summed E-state index contributed by atoms with van der Waals surface area (Å²) in [6.45, 7) is 4.61. The number of morpholine rings is 1. The molecule has 98 valence electrons. The maximum atomic E-state index is 12.0. The van der Waals surface area contributed by atoms with E-state index in [4.69, 9.17) is 15.7 Å². The summed E-state index contributed by atoms with van der Waals surface area (Å²) in [5, 5.41) is 11.5. The lowest BCUT2D eigenvalue weighted by Crippen LogP contribution is -2.48. The van der Waals surface area contributed by atoms with Gasteiger partial charge >= 0.3 is 6.03 Å². The Hall–Kier alpha value is -1.50. The molecule has 0 radical (unpaired) electrons. The van der Waals surface area contributed by atoms with Crippen molar-refractivity contribution in [3.8, 4) is 0 Å². The average Bonchev–Trinajstić information content (AvgIpc) is 2.37. The van der Waals surface area contributed by atoms with Gasteiger partial charge in [-0.25, -0.2) is 4.79 Å². The summed E-state index contributed by atoms with van der Waals surface area (Å²) in [4.78, 5) is 15.3. The molecule has 17 heavy (non-hydrogen) atoms. The van der Waals surface area contributed by atoms with Crippen molar-refractivity contribution in [2.45, 2.75) is 6.92 Å². The van der Waals surface area contributed by atoms with E-state index < -0.39 is 0 Å². The number of urea groups is 1. The van der Waals surface area contributed by atoms with Crippen LogP contribution in [-0.4, -0.2) is 66.8 Å². The molecule has 1 aliphatic rings.